The SMILES string of the molecule is CCCCCCCCOS(=O)(=O)c1cc(Cl)ccc1Cl. The van der Waals surface area contributed by atoms with Gasteiger partial charge in [0.25, 0.3) is 10.1 Å². The van der Waals surface area contributed by atoms with Gasteiger partial charge in [-0.3, -0.25) is 4.18 Å². The zero-order valence-corrected chi connectivity index (χ0v) is 13.9. The number of hydrogen-bond acceptors (Lipinski definition) is 3. The number of halogens is 2. The second kappa shape index (κ2) is 8.88. The van der Waals surface area contributed by atoms with Crippen molar-refractivity contribution in [3.8, 4) is 0 Å². The van der Waals surface area contributed by atoms with Crippen LogP contribution in [0.5, 0.6) is 0 Å². The predicted octanol–water partition coefficient (Wildman–Crippen LogP) is 5.06. The van der Waals surface area contributed by atoms with Gasteiger partial charge in [-0.1, -0.05) is 62.2 Å². The molecule has 0 fully saturated rings. The van der Waals surface area contributed by atoms with Crippen LogP contribution in [-0.4, -0.2) is 15.0 Å². The van der Waals surface area contributed by atoms with Crippen LogP contribution in [0.3, 0.4) is 0 Å². The molecule has 0 aromatic heterocycles. The van der Waals surface area contributed by atoms with E-state index in [9.17, 15) is 8.42 Å². The van der Waals surface area contributed by atoms with Crippen molar-refractivity contribution in [1.82, 2.24) is 0 Å². The van der Waals surface area contributed by atoms with Crippen molar-refractivity contribution < 1.29 is 12.6 Å². The second-order valence-corrected chi connectivity index (χ2v) is 7.05. The van der Waals surface area contributed by atoms with Crippen LogP contribution in [0.15, 0.2) is 23.1 Å². The smallest absolute Gasteiger partial charge is 0.266 e. The first kappa shape index (κ1) is 17.8. The van der Waals surface area contributed by atoms with Crippen LogP contribution in [0.1, 0.15) is 45.4 Å². The van der Waals surface area contributed by atoms with E-state index in [0.717, 1.165) is 19.3 Å². The Balaban J connectivity index is 2.44. The Kier molecular flexibility index (Phi) is 7.88. The van der Waals surface area contributed by atoms with Crippen LogP contribution in [0.2, 0.25) is 10.0 Å². The monoisotopic (exact) mass is 338 g/mol. The molecule has 1 rings (SSSR count). The van der Waals surface area contributed by atoms with Gasteiger partial charge < -0.3 is 0 Å². The van der Waals surface area contributed by atoms with Crippen molar-refractivity contribution in [2.24, 2.45) is 0 Å². The highest BCUT2D eigenvalue weighted by Gasteiger charge is 2.19. The van der Waals surface area contributed by atoms with Gasteiger partial charge in [0.05, 0.1) is 11.6 Å². The first-order valence-electron chi connectivity index (χ1n) is 6.82. The maximum atomic E-state index is 12.0. The molecule has 0 bridgehead atoms. The molecule has 0 N–H and O–H groups in total. The minimum Gasteiger partial charge on any atom is -0.266 e. The molecular formula is C14H20Cl2O3S. The van der Waals surface area contributed by atoms with Crippen LogP contribution in [-0.2, 0) is 14.3 Å². The molecule has 0 atom stereocenters. The van der Waals surface area contributed by atoms with Crippen molar-refractivity contribution in [1.29, 1.82) is 0 Å². The molecule has 20 heavy (non-hydrogen) atoms. The van der Waals surface area contributed by atoms with Crippen molar-refractivity contribution >= 4 is 33.3 Å². The summed E-state index contributed by atoms with van der Waals surface area (Å²) in [5.41, 5.74) is 0. The number of rotatable bonds is 9. The Morgan fingerprint density at radius 3 is 2.40 bits per heavy atom. The lowest BCUT2D eigenvalue weighted by Crippen LogP contribution is -2.08. The van der Waals surface area contributed by atoms with Gasteiger partial charge in [-0.2, -0.15) is 8.42 Å². The summed E-state index contributed by atoms with van der Waals surface area (Å²) in [7, 11) is -3.83. The standard InChI is InChI=1S/C14H20Cl2O3S/c1-2-3-4-5-6-7-10-19-20(17,18)14-11-12(15)8-9-13(14)16/h8-9,11H,2-7,10H2,1H3. The first-order valence-corrected chi connectivity index (χ1v) is 8.98. The van der Waals surface area contributed by atoms with Crippen LogP contribution in [0.4, 0.5) is 0 Å². The van der Waals surface area contributed by atoms with Crippen molar-refractivity contribution in [2.45, 2.75) is 50.3 Å². The molecule has 6 heteroatoms. The van der Waals surface area contributed by atoms with E-state index >= 15 is 0 Å². The lowest BCUT2D eigenvalue weighted by atomic mass is 10.1. The van der Waals surface area contributed by atoms with E-state index in [1.54, 1.807) is 0 Å². The molecular weight excluding hydrogens is 319 g/mol. The molecule has 0 radical (unpaired) electrons. The van der Waals surface area contributed by atoms with Gasteiger partial charge in [-0.15, -0.1) is 0 Å². The molecule has 1 aromatic carbocycles. The van der Waals surface area contributed by atoms with Crippen molar-refractivity contribution in [2.75, 3.05) is 6.61 Å². The molecule has 3 nitrogen and oxygen atoms in total. The van der Waals surface area contributed by atoms with Crippen molar-refractivity contribution in [3.05, 3.63) is 28.2 Å². The zero-order valence-electron chi connectivity index (χ0n) is 11.6. The molecule has 0 unspecified atom stereocenters. The summed E-state index contributed by atoms with van der Waals surface area (Å²) in [6.45, 7) is 2.34. The van der Waals surface area contributed by atoms with Crippen molar-refractivity contribution in [3.63, 3.8) is 0 Å². The van der Waals surface area contributed by atoms with Gasteiger partial charge in [0, 0.05) is 5.02 Å². The van der Waals surface area contributed by atoms with E-state index < -0.39 is 10.1 Å². The largest absolute Gasteiger partial charge is 0.298 e. The molecule has 114 valence electrons. The van der Waals surface area contributed by atoms with Gasteiger partial charge in [0.2, 0.25) is 0 Å². The number of benzene rings is 1. The molecule has 0 amide bonds. The molecule has 0 aliphatic rings. The lowest BCUT2D eigenvalue weighted by molar-refractivity contribution is 0.306. The van der Waals surface area contributed by atoms with E-state index in [-0.39, 0.29) is 16.5 Å². The zero-order chi connectivity index (χ0) is 15.0. The summed E-state index contributed by atoms with van der Waals surface area (Å²) in [5.74, 6) is 0. The Morgan fingerprint density at radius 2 is 1.70 bits per heavy atom. The van der Waals surface area contributed by atoms with Crippen LogP contribution < -0.4 is 0 Å². The second-order valence-electron chi connectivity index (χ2n) is 4.62. The third kappa shape index (κ3) is 6.00. The molecule has 1 aromatic rings. The fraction of sp³-hybridized carbons (Fsp3) is 0.571. The lowest BCUT2D eigenvalue weighted by Gasteiger charge is -2.07. The summed E-state index contributed by atoms with van der Waals surface area (Å²) in [5, 5.41) is 0.438. The Bertz CT molecular complexity index is 515. The third-order valence-corrected chi connectivity index (χ3v) is 4.93. The minimum atomic E-state index is -3.83. The molecule has 0 saturated carbocycles. The van der Waals surface area contributed by atoms with Gasteiger partial charge in [0.15, 0.2) is 0 Å². The van der Waals surface area contributed by atoms with Gasteiger partial charge in [-0.25, -0.2) is 0 Å². The van der Waals surface area contributed by atoms with Gasteiger partial charge >= 0.3 is 0 Å². The van der Waals surface area contributed by atoms with E-state index in [1.807, 2.05) is 0 Å². The minimum absolute atomic E-state index is 0.0716. The fourth-order valence-corrected chi connectivity index (χ4v) is 3.46. The summed E-state index contributed by atoms with van der Waals surface area (Å²) in [4.78, 5) is -0.0716. The summed E-state index contributed by atoms with van der Waals surface area (Å²) >= 11 is 11.6. The van der Waals surface area contributed by atoms with E-state index in [4.69, 9.17) is 27.4 Å². The molecule has 0 aliphatic heterocycles. The molecule has 0 spiro atoms. The summed E-state index contributed by atoms with van der Waals surface area (Å²) in [6, 6.07) is 4.29. The summed E-state index contributed by atoms with van der Waals surface area (Å²) in [6.07, 6.45) is 6.40. The normalized spacial score (nSPS) is 11.8. The molecule has 0 saturated heterocycles. The maximum absolute atomic E-state index is 12.0. The van der Waals surface area contributed by atoms with E-state index in [0.29, 0.717) is 5.02 Å². The Morgan fingerprint density at radius 1 is 1.05 bits per heavy atom. The quantitative estimate of drug-likeness (QED) is 0.466. The van der Waals surface area contributed by atoms with E-state index in [2.05, 4.69) is 6.92 Å². The fourth-order valence-electron chi connectivity index (χ4n) is 1.78. The highest BCUT2D eigenvalue weighted by molar-refractivity contribution is 7.86. The Hall–Kier alpha value is -0.290. The maximum Gasteiger partial charge on any atom is 0.298 e. The number of unbranched alkanes of at least 4 members (excludes halogenated alkanes) is 5. The average Bonchev–Trinajstić information content (AvgIpc) is 2.40. The average molecular weight is 339 g/mol. The predicted molar refractivity (Wildman–Crippen MR) is 83.0 cm³/mol. The first-order chi connectivity index (χ1) is 9.47. The third-order valence-electron chi connectivity index (χ3n) is 2.90. The van der Waals surface area contributed by atoms with Crippen LogP contribution in [0, 0.1) is 0 Å². The van der Waals surface area contributed by atoms with Gasteiger partial charge in [0.1, 0.15) is 4.90 Å². The van der Waals surface area contributed by atoms with Gasteiger partial charge in [-0.05, 0) is 24.6 Å². The van der Waals surface area contributed by atoms with E-state index in [1.165, 1.54) is 37.5 Å². The van der Waals surface area contributed by atoms with Crippen LogP contribution in [0.25, 0.3) is 0 Å². The highest BCUT2D eigenvalue weighted by atomic mass is 35.5. The topological polar surface area (TPSA) is 43.4 Å². The highest BCUT2D eigenvalue weighted by Crippen LogP contribution is 2.26. The van der Waals surface area contributed by atoms with Crippen LogP contribution >= 0.6 is 23.2 Å². The molecule has 0 aliphatic carbocycles. The molecule has 0 heterocycles. The number of hydrogen-bond donors (Lipinski definition) is 0. The summed E-state index contributed by atoms with van der Waals surface area (Å²) < 4.78 is 28.9. The Labute approximate surface area is 131 Å².